The third-order valence-electron chi connectivity index (χ3n) is 5.59. The number of nitrogens with zero attached hydrogens (tertiary/aromatic N) is 1. The number of rotatable bonds is 15. The number of aliphatic carboxylic acids is 4. The maximum absolute atomic E-state index is 13.0. The van der Waals surface area contributed by atoms with Crippen molar-refractivity contribution < 1.29 is 74.4 Å². The number of hydrogen-bond donors (Lipinski definition) is 9. The lowest BCUT2D eigenvalue weighted by atomic mass is 9.90. The average molecular weight is 538 g/mol. The number of nitrogens with one attached hydrogen (secondary N) is 1. The van der Waals surface area contributed by atoms with Crippen molar-refractivity contribution in [3.05, 3.63) is 0 Å². The minimum Gasteiger partial charge on any atom is -0.481 e. The van der Waals surface area contributed by atoms with Crippen molar-refractivity contribution in [2.75, 3.05) is 13.2 Å². The molecule has 210 valence electrons. The van der Waals surface area contributed by atoms with Crippen molar-refractivity contribution in [2.24, 2.45) is 0 Å². The molecular weight excluding hydrogens is 508 g/mol. The Balaban J connectivity index is 3.53. The number of carbonyl (C=O) groups is 6. The van der Waals surface area contributed by atoms with Gasteiger partial charge in [-0.3, -0.25) is 24.0 Å². The van der Waals surface area contributed by atoms with Crippen molar-refractivity contribution in [1.82, 2.24) is 10.2 Å². The molecule has 0 aromatic rings. The first-order valence-corrected chi connectivity index (χ1v) is 11.0. The van der Waals surface area contributed by atoms with Gasteiger partial charge < -0.3 is 55.8 Å². The van der Waals surface area contributed by atoms with Gasteiger partial charge in [0, 0.05) is 19.3 Å². The maximum Gasteiger partial charge on any atom is 0.326 e. The van der Waals surface area contributed by atoms with Gasteiger partial charge in [0.25, 0.3) is 0 Å². The zero-order chi connectivity index (χ0) is 28.4. The number of carbonyl (C=O) groups excluding carboxylic acids is 2. The fourth-order valence-corrected chi connectivity index (χ4v) is 3.77. The number of ether oxygens (including phenoxy) is 1. The van der Waals surface area contributed by atoms with E-state index in [1.54, 1.807) is 0 Å². The van der Waals surface area contributed by atoms with Gasteiger partial charge in [0.05, 0.1) is 19.1 Å². The van der Waals surface area contributed by atoms with Crippen LogP contribution in [0.15, 0.2) is 0 Å². The van der Waals surface area contributed by atoms with Gasteiger partial charge in [0.1, 0.15) is 43.0 Å². The Bertz CT molecular complexity index is 863. The first-order valence-electron chi connectivity index (χ1n) is 11.0. The molecule has 0 aromatic heterocycles. The Kier molecular flexibility index (Phi) is 12.3. The van der Waals surface area contributed by atoms with E-state index in [1.165, 1.54) is 0 Å². The summed E-state index contributed by atoms with van der Waals surface area (Å²) in [6.07, 6.45) is -12.7. The van der Waals surface area contributed by atoms with Gasteiger partial charge in [-0.2, -0.15) is 0 Å². The summed E-state index contributed by atoms with van der Waals surface area (Å²) < 4.78 is 5.32. The van der Waals surface area contributed by atoms with E-state index in [1.807, 2.05) is 5.32 Å². The van der Waals surface area contributed by atoms with Crippen LogP contribution in [0.3, 0.4) is 0 Å². The zero-order valence-corrected chi connectivity index (χ0v) is 19.4. The normalized spacial score (nSPS) is 24.9. The lowest BCUT2D eigenvalue weighted by molar-refractivity contribution is -0.233. The quantitative estimate of drug-likeness (QED) is 0.0955. The van der Waals surface area contributed by atoms with Gasteiger partial charge in [-0.1, -0.05) is 0 Å². The Morgan fingerprint density at radius 1 is 0.757 bits per heavy atom. The van der Waals surface area contributed by atoms with Crippen LogP contribution in [0.25, 0.3) is 0 Å². The molecule has 37 heavy (non-hydrogen) atoms. The third-order valence-corrected chi connectivity index (χ3v) is 5.59. The molecule has 17 heteroatoms. The number of aliphatic hydroxyl groups is 4. The van der Waals surface area contributed by atoms with E-state index in [-0.39, 0.29) is 0 Å². The van der Waals surface area contributed by atoms with E-state index < -0.39 is 124 Å². The molecule has 2 amide bonds. The van der Waals surface area contributed by atoms with Crippen molar-refractivity contribution in [3.63, 3.8) is 0 Å². The second-order valence-electron chi connectivity index (χ2n) is 8.21. The zero-order valence-electron chi connectivity index (χ0n) is 19.4. The topological polar surface area (TPSA) is 289 Å². The monoisotopic (exact) mass is 538 g/mol. The van der Waals surface area contributed by atoms with Crippen LogP contribution in [0, 0.1) is 0 Å². The van der Waals surface area contributed by atoms with Crippen molar-refractivity contribution in [3.8, 4) is 0 Å². The van der Waals surface area contributed by atoms with E-state index in [0.29, 0.717) is 4.90 Å². The summed E-state index contributed by atoms with van der Waals surface area (Å²) in [5.74, 6) is -8.69. The summed E-state index contributed by atoms with van der Waals surface area (Å²) in [4.78, 5) is 71.4. The summed E-state index contributed by atoms with van der Waals surface area (Å²) in [6, 6.07) is -3.99. The standard InChI is InChI=1S/C20H30N2O15/c23-7-11-17(32)18(33)16(31)10(37-11)5-9(19(34)21-6-15(29)30)22(12(24)2-4-14(27)28)8(20(35)36)1-3-13(25)26/h8-11,16-18,23,31-33H,1-7H2,(H,21,34)(H,25,26)(H,27,28)(H,29,30)(H,35,36)/t8?,9?,10-,11-,16-,17-,18-/m1/s1. The molecule has 1 fully saturated rings. The number of carboxylic acid groups (broad SMARTS) is 4. The van der Waals surface area contributed by atoms with Crippen LogP contribution in [0.5, 0.6) is 0 Å². The fourth-order valence-electron chi connectivity index (χ4n) is 3.77. The molecule has 1 aliphatic heterocycles. The van der Waals surface area contributed by atoms with Crippen LogP contribution in [-0.4, -0.2) is 137 Å². The molecular formula is C20H30N2O15. The molecule has 0 radical (unpaired) electrons. The Labute approximate surface area is 208 Å². The molecule has 2 unspecified atom stereocenters. The molecule has 9 N–H and O–H groups in total. The molecule has 1 saturated heterocycles. The Hall–Kier alpha value is -3.38. The molecule has 0 spiro atoms. The van der Waals surface area contributed by atoms with Gasteiger partial charge in [-0.25, -0.2) is 4.79 Å². The molecule has 0 bridgehead atoms. The summed E-state index contributed by atoms with van der Waals surface area (Å²) in [5.41, 5.74) is 0. The molecule has 7 atom stereocenters. The SMILES string of the molecule is O=C(O)CCC(=O)N(C(CCC(=O)O)C(=O)O)C(C[C@H]1O[C@H](CO)[C@@H](O)[C@H](O)[C@@H]1O)C(=O)NCC(=O)O. The van der Waals surface area contributed by atoms with Crippen LogP contribution >= 0.6 is 0 Å². The Morgan fingerprint density at radius 3 is 1.81 bits per heavy atom. The third kappa shape index (κ3) is 9.21. The van der Waals surface area contributed by atoms with Gasteiger partial charge in [-0.05, 0) is 6.42 Å². The smallest absolute Gasteiger partial charge is 0.326 e. The number of amides is 2. The van der Waals surface area contributed by atoms with Crippen molar-refractivity contribution in [1.29, 1.82) is 0 Å². The largest absolute Gasteiger partial charge is 0.481 e. The van der Waals surface area contributed by atoms with Crippen LogP contribution in [0.4, 0.5) is 0 Å². The summed E-state index contributed by atoms with van der Waals surface area (Å²) >= 11 is 0. The molecule has 17 nitrogen and oxygen atoms in total. The highest BCUT2D eigenvalue weighted by molar-refractivity contribution is 5.93. The maximum atomic E-state index is 13.0. The van der Waals surface area contributed by atoms with Gasteiger partial charge in [-0.15, -0.1) is 0 Å². The second-order valence-corrected chi connectivity index (χ2v) is 8.21. The van der Waals surface area contributed by atoms with Crippen LogP contribution < -0.4 is 5.32 Å². The van der Waals surface area contributed by atoms with E-state index in [0.717, 1.165) is 0 Å². The first kappa shape index (κ1) is 31.6. The highest BCUT2D eigenvalue weighted by Crippen LogP contribution is 2.27. The summed E-state index contributed by atoms with van der Waals surface area (Å²) in [7, 11) is 0. The number of aliphatic hydroxyl groups excluding tert-OH is 4. The average Bonchev–Trinajstić information content (AvgIpc) is 2.81. The predicted octanol–water partition coefficient (Wildman–Crippen LogP) is -4.20. The minimum atomic E-state index is -2.01. The van der Waals surface area contributed by atoms with E-state index in [9.17, 15) is 54.3 Å². The van der Waals surface area contributed by atoms with Crippen molar-refractivity contribution >= 4 is 35.7 Å². The lowest BCUT2D eigenvalue weighted by Gasteiger charge is -2.43. The highest BCUT2D eigenvalue weighted by Gasteiger charge is 2.47. The summed E-state index contributed by atoms with van der Waals surface area (Å²) in [6.45, 7) is -1.84. The fraction of sp³-hybridized carbons (Fsp3) is 0.700. The predicted molar refractivity (Wildman–Crippen MR) is 115 cm³/mol. The van der Waals surface area contributed by atoms with Crippen LogP contribution in [-0.2, 0) is 33.5 Å². The molecule has 1 heterocycles. The number of carboxylic acids is 4. The molecule has 1 aliphatic rings. The van der Waals surface area contributed by atoms with E-state index in [2.05, 4.69) is 0 Å². The van der Waals surface area contributed by atoms with E-state index in [4.69, 9.17) is 20.1 Å². The second kappa shape index (κ2) is 14.4. The van der Waals surface area contributed by atoms with E-state index >= 15 is 0 Å². The number of hydrogen-bond acceptors (Lipinski definition) is 11. The van der Waals surface area contributed by atoms with Crippen LogP contribution in [0.2, 0.25) is 0 Å². The minimum absolute atomic E-state index is 0.382. The molecule has 0 aliphatic carbocycles. The Morgan fingerprint density at radius 2 is 1.32 bits per heavy atom. The molecule has 0 saturated carbocycles. The van der Waals surface area contributed by atoms with Gasteiger partial charge >= 0.3 is 23.9 Å². The summed E-state index contributed by atoms with van der Waals surface area (Å²) in [5, 5.41) is 78.3. The molecule has 0 aromatic carbocycles. The highest BCUT2D eigenvalue weighted by atomic mass is 16.5. The van der Waals surface area contributed by atoms with Crippen LogP contribution in [0.1, 0.15) is 32.1 Å². The first-order chi connectivity index (χ1) is 17.2. The van der Waals surface area contributed by atoms with Gasteiger partial charge in [0.2, 0.25) is 11.8 Å². The van der Waals surface area contributed by atoms with Gasteiger partial charge in [0.15, 0.2) is 0 Å². The lowest BCUT2D eigenvalue weighted by Crippen LogP contribution is -2.62. The molecule has 1 rings (SSSR count). The van der Waals surface area contributed by atoms with Crippen molar-refractivity contribution in [2.45, 2.75) is 74.7 Å².